The van der Waals surface area contributed by atoms with Crippen LogP contribution in [-0.4, -0.2) is 16.7 Å². The SMILES string of the molecule is COc1ccc(Br)c(-n2c(=S)[nH]c3cccc(Cl)c32)c1. The van der Waals surface area contributed by atoms with E-state index in [0.29, 0.717) is 9.79 Å². The molecule has 1 N–H and O–H groups in total. The second-order valence-electron chi connectivity index (χ2n) is 4.22. The molecule has 20 heavy (non-hydrogen) atoms. The van der Waals surface area contributed by atoms with Gasteiger partial charge in [-0.2, -0.15) is 0 Å². The van der Waals surface area contributed by atoms with Crippen LogP contribution in [0, 0.1) is 4.77 Å². The number of nitrogens with one attached hydrogen (secondary N) is 1. The molecule has 0 radical (unpaired) electrons. The highest BCUT2D eigenvalue weighted by Crippen LogP contribution is 2.32. The van der Waals surface area contributed by atoms with Crippen molar-refractivity contribution >= 4 is 50.8 Å². The predicted molar refractivity (Wildman–Crippen MR) is 87.7 cm³/mol. The Hall–Kier alpha value is -1.30. The molecule has 0 atom stereocenters. The van der Waals surface area contributed by atoms with Gasteiger partial charge < -0.3 is 9.72 Å². The van der Waals surface area contributed by atoms with E-state index in [-0.39, 0.29) is 0 Å². The normalized spacial score (nSPS) is 10.9. The number of para-hydroxylation sites is 1. The number of H-pyrrole nitrogens is 1. The lowest BCUT2D eigenvalue weighted by Crippen LogP contribution is -1.97. The summed E-state index contributed by atoms with van der Waals surface area (Å²) < 4.78 is 8.68. The van der Waals surface area contributed by atoms with Crippen molar-refractivity contribution in [1.29, 1.82) is 0 Å². The molecule has 1 heterocycles. The predicted octanol–water partition coefficient (Wildman–Crippen LogP) is 5.11. The number of hydrogen-bond acceptors (Lipinski definition) is 2. The molecule has 0 aliphatic carbocycles. The monoisotopic (exact) mass is 368 g/mol. The number of rotatable bonds is 2. The number of aromatic amines is 1. The zero-order valence-electron chi connectivity index (χ0n) is 10.5. The first-order valence-corrected chi connectivity index (χ1v) is 7.43. The van der Waals surface area contributed by atoms with Crippen LogP contribution in [0.25, 0.3) is 16.7 Å². The average Bonchev–Trinajstić information content (AvgIpc) is 2.77. The van der Waals surface area contributed by atoms with Gasteiger partial charge in [0.25, 0.3) is 0 Å². The molecule has 0 bridgehead atoms. The van der Waals surface area contributed by atoms with E-state index < -0.39 is 0 Å². The minimum atomic E-state index is 0.585. The van der Waals surface area contributed by atoms with Crippen LogP contribution in [0.3, 0.4) is 0 Å². The van der Waals surface area contributed by atoms with Gasteiger partial charge in [0.1, 0.15) is 5.75 Å². The van der Waals surface area contributed by atoms with Crippen LogP contribution in [0.15, 0.2) is 40.9 Å². The van der Waals surface area contributed by atoms with Crippen molar-refractivity contribution in [3.63, 3.8) is 0 Å². The largest absolute Gasteiger partial charge is 0.497 e. The third-order valence-electron chi connectivity index (χ3n) is 3.05. The van der Waals surface area contributed by atoms with E-state index in [1.165, 1.54) is 0 Å². The van der Waals surface area contributed by atoms with Gasteiger partial charge in [-0.15, -0.1) is 0 Å². The number of ether oxygens (including phenoxy) is 1. The fraction of sp³-hybridized carbons (Fsp3) is 0.0714. The highest BCUT2D eigenvalue weighted by Gasteiger charge is 2.13. The fourth-order valence-electron chi connectivity index (χ4n) is 2.14. The zero-order valence-corrected chi connectivity index (χ0v) is 13.6. The Bertz CT molecular complexity index is 856. The fourth-order valence-corrected chi connectivity index (χ4v) is 3.12. The number of hydrogen-bond donors (Lipinski definition) is 1. The summed E-state index contributed by atoms with van der Waals surface area (Å²) in [7, 11) is 1.63. The van der Waals surface area contributed by atoms with Crippen molar-refractivity contribution < 1.29 is 4.74 Å². The molecule has 0 saturated heterocycles. The number of benzene rings is 2. The Morgan fingerprint density at radius 1 is 1.30 bits per heavy atom. The molecule has 0 amide bonds. The van der Waals surface area contributed by atoms with Crippen LogP contribution in [-0.2, 0) is 0 Å². The minimum Gasteiger partial charge on any atom is -0.497 e. The number of halogens is 2. The van der Waals surface area contributed by atoms with Crippen LogP contribution in [0.4, 0.5) is 0 Å². The van der Waals surface area contributed by atoms with Crippen molar-refractivity contribution in [3.05, 3.63) is 50.7 Å². The van der Waals surface area contributed by atoms with Gasteiger partial charge in [0.15, 0.2) is 4.77 Å². The average molecular weight is 370 g/mol. The van der Waals surface area contributed by atoms with Crippen LogP contribution < -0.4 is 4.74 Å². The number of fused-ring (bicyclic) bond motifs is 1. The summed E-state index contributed by atoms with van der Waals surface area (Å²) in [6.07, 6.45) is 0. The van der Waals surface area contributed by atoms with Crippen molar-refractivity contribution in [2.45, 2.75) is 0 Å². The van der Waals surface area contributed by atoms with Gasteiger partial charge >= 0.3 is 0 Å². The van der Waals surface area contributed by atoms with Gasteiger partial charge in [0, 0.05) is 10.5 Å². The molecule has 0 aliphatic rings. The zero-order chi connectivity index (χ0) is 14.3. The molecule has 0 aliphatic heterocycles. The van der Waals surface area contributed by atoms with Gasteiger partial charge in [0.05, 0.1) is 28.9 Å². The summed E-state index contributed by atoms with van der Waals surface area (Å²) in [5.74, 6) is 0.756. The van der Waals surface area contributed by atoms with Gasteiger partial charge in [-0.3, -0.25) is 4.57 Å². The van der Waals surface area contributed by atoms with Gasteiger partial charge in [0.2, 0.25) is 0 Å². The number of aromatic nitrogens is 2. The second kappa shape index (κ2) is 5.24. The van der Waals surface area contributed by atoms with Gasteiger partial charge in [-0.05, 0) is 52.4 Å². The Balaban J connectivity index is 2.40. The molecule has 102 valence electrons. The molecule has 1 aromatic heterocycles. The molecular formula is C14H10BrClN2OS. The topological polar surface area (TPSA) is 29.9 Å². The first-order chi connectivity index (χ1) is 9.61. The van der Waals surface area contributed by atoms with Crippen LogP contribution in [0.1, 0.15) is 0 Å². The highest BCUT2D eigenvalue weighted by atomic mass is 79.9. The first kappa shape index (κ1) is 13.7. The van der Waals surface area contributed by atoms with Crippen molar-refractivity contribution in [2.24, 2.45) is 0 Å². The maximum absolute atomic E-state index is 6.32. The van der Waals surface area contributed by atoms with Crippen LogP contribution in [0.2, 0.25) is 5.02 Å². The standard InChI is InChI=1S/C14H10BrClN2OS/c1-19-8-5-6-9(15)12(7-8)18-13-10(16)3-2-4-11(13)17-14(18)20/h2-7H,1H3,(H,17,20). The Kier molecular flexibility index (Phi) is 3.58. The minimum absolute atomic E-state index is 0.585. The molecule has 0 unspecified atom stereocenters. The third-order valence-corrected chi connectivity index (χ3v) is 4.31. The van der Waals surface area contributed by atoms with E-state index in [0.717, 1.165) is 26.9 Å². The number of imidazole rings is 1. The van der Waals surface area contributed by atoms with E-state index in [9.17, 15) is 0 Å². The van der Waals surface area contributed by atoms with E-state index >= 15 is 0 Å². The Morgan fingerprint density at radius 3 is 2.85 bits per heavy atom. The Morgan fingerprint density at radius 2 is 2.10 bits per heavy atom. The van der Waals surface area contributed by atoms with Crippen LogP contribution in [0.5, 0.6) is 5.75 Å². The summed E-state index contributed by atoms with van der Waals surface area (Å²) in [5, 5.41) is 0.643. The molecule has 0 saturated carbocycles. The molecule has 3 rings (SSSR count). The molecule has 2 aromatic carbocycles. The maximum atomic E-state index is 6.32. The van der Waals surface area contributed by atoms with Gasteiger partial charge in [-0.25, -0.2) is 0 Å². The lowest BCUT2D eigenvalue weighted by Gasteiger charge is -2.10. The number of methoxy groups -OCH3 is 1. The lowest BCUT2D eigenvalue weighted by atomic mass is 10.2. The summed E-state index contributed by atoms with van der Waals surface area (Å²) in [4.78, 5) is 3.16. The van der Waals surface area contributed by atoms with Crippen LogP contribution >= 0.6 is 39.7 Å². The van der Waals surface area contributed by atoms with Crippen molar-refractivity contribution in [3.8, 4) is 11.4 Å². The lowest BCUT2D eigenvalue weighted by molar-refractivity contribution is 0.414. The molecule has 6 heteroatoms. The van der Waals surface area contributed by atoms with Crippen molar-refractivity contribution in [1.82, 2.24) is 9.55 Å². The number of nitrogens with zero attached hydrogens (tertiary/aromatic N) is 1. The maximum Gasteiger partial charge on any atom is 0.182 e. The molecule has 3 aromatic rings. The van der Waals surface area contributed by atoms with E-state index in [1.54, 1.807) is 7.11 Å². The third kappa shape index (κ3) is 2.16. The molecule has 0 spiro atoms. The van der Waals surface area contributed by atoms with Crippen molar-refractivity contribution in [2.75, 3.05) is 7.11 Å². The smallest absolute Gasteiger partial charge is 0.182 e. The molecular weight excluding hydrogens is 360 g/mol. The first-order valence-electron chi connectivity index (χ1n) is 5.85. The second-order valence-corrected chi connectivity index (χ2v) is 5.87. The summed E-state index contributed by atoms with van der Waals surface area (Å²) in [6, 6.07) is 11.4. The van der Waals surface area contributed by atoms with E-state index in [1.807, 2.05) is 41.0 Å². The van der Waals surface area contributed by atoms with E-state index in [4.69, 9.17) is 28.6 Å². The molecule has 0 fully saturated rings. The highest BCUT2D eigenvalue weighted by molar-refractivity contribution is 9.10. The Labute approximate surface area is 134 Å². The quantitative estimate of drug-likeness (QED) is 0.636. The molecule has 3 nitrogen and oxygen atoms in total. The summed E-state index contributed by atoms with van der Waals surface area (Å²) in [5.41, 5.74) is 2.64. The summed E-state index contributed by atoms with van der Waals surface area (Å²) in [6.45, 7) is 0. The summed E-state index contributed by atoms with van der Waals surface area (Å²) >= 11 is 15.3. The van der Waals surface area contributed by atoms with E-state index in [2.05, 4.69) is 20.9 Å². The van der Waals surface area contributed by atoms with Gasteiger partial charge in [-0.1, -0.05) is 17.7 Å².